The number of pyridine rings is 1. The molecule has 0 aliphatic rings. The van der Waals surface area contributed by atoms with E-state index >= 15 is 0 Å². The minimum atomic E-state index is 0.467. The van der Waals surface area contributed by atoms with Crippen LogP contribution >= 0.6 is 11.5 Å². The standard InChI is InChI=1S/C12H11N5OS/c1-7-9(12(13-2)19-17-7)11-15-10(16-18-11)8-4-3-5-14-6-8/h3-6,13H,1-2H3. The molecule has 1 N–H and O–H groups in total. The third-order valence-electron chi connectivity index (χ3n) is 2.65. The van der Waals surface area contributed by atoms with Gasteiger partial charge in [0.15, 0.2) is 0 Å². The lowest BCUT2D eigenvalue weighted by Crippen LogP contribution is -1.88. The number of aryl methyl sites for hydroxylation is 1. The van der Waals surface area contributed by atoms with Crippen molar-refractivity contribution in [2.24, 2.45) is 0 Å². The SMILES string of the molecule is CNc1snc(C)c1-c1nc(-c2cccnc2)no1. The molecule has 7 heteroatoms. The molecule has 0 unspecified atom stereocenters. The molecule has 0 aliphatic heterocycles. The second-order valence-corrected chi connectivity index (χ2v) is 4.66. The molecule has 0 aromatic carbocycles. The van der Waals surface area contributed by atoms with Crippen LogP contribution in [0, 0.1) is 6.92 Å². The van der Waals surface area contributed by atoms with Gasteiger partial charge in [0.2, 0.25) is 5.82 Å². The first kappa shape index (κ1) is 11.8. The van der Waals surface area contributed by atoms with Gasteiger partial charge in [-0.1, -0.05) is 5.16 Å². The first-order valence-electron chi connectivity index (χ1n) is 5.68. The Morgan fingerprint density at radius 1 is 1.37 bits per heavy atom. The molecule has 0 aliphatic carbocycles. The lowest BCUT2D eigenvalue weighted by Gasteiger charge is -1.96. The van der Waals surface area contributed by atoms with Gasteiger partial charge in [-0.25, -0.2) is 0 Å². The summed E-state index contributed by atoms with van der Waals surface area (Å²) in [6.07, 6.45) is 3.41. The summed E-state index contributed by atoms with van der Waals surface area (Å²) >= 11 is 1.37. The highest BCUT2D eigenvalue weighted by atomic mass is 32.1. The Morgan fingerprint density at radius 3 is 3.00 bits per heavy atom. The fraction of sp³-hybridized carbons (Fsp3) is 0.167. The molecular formula is C12H11N5OS. The monoisotopic (exact) mass is 273 g/mol. The average Bonchev–Trinajstić information content (AvgIpc) is 3.05. The molecule has 3 rings (SSSR count). The molecule has 0 radical (unpaired) electrons. The predicted molar refractivity (Wildman–Crippen MR) is 72.9 cm³/mol. The van der Waals surface area contributed by atoms with E-state index in [1.54, 1.807) is 12.4 Å². The highest BCUT2D eigenvalue weighted by Crippen LogP contribution is 2.34. The third-order valence-corrected chi connectivity index (χ3v) is 3.61. The van der Waals surface area contributed by atoms with Crippen molar-refractivity contribution in [3.8, 4) is 22.8 Å². The topological polar surface area (TPSA) is 76.7 Å². The molecule has 0 fully saturated rings. The summed E-state index contributed by atoms with van der Waals surface area (Å²) < 4.78 is 9.61. The highest BCUT2D eigenvalue weighted by molar-refractivity contribution is 7.10. The molecule has 19 heavy (non-hydrogen) atoms. The first-order valence-corrected chi connectivity index (χ1v) is 6.45. The molecule has 0 spiro atoms. The first-order chi connectivity index (χ1) is 9.29. The number of nitrogens with zero attached hydrogens (tertiary/aromatic N) is 4. The van der Waals surface area contributed by atoms with Crippen molar-refractivity contribution < 1.29 is 4.52 Å². The lowest BCUT2D eigenvalue weighted by molar-refractivity contribution is 0.432. The van der Waals surface area contributed by atoms with Crippen molar-refractivity contribution in [1.29, 1.82) is 0 Å². The van der Waals surface area contributed by atoms with Crippen molar-refractivity contribution in [3.05, 3.63) is 30.2 Å². The number of aromatic nitrogens is 4. The highest BCUT2D eigenvalue weighted by Gasteiger charge is 2.18. The summed E-state index contributed by atoms with van der Waals surface area (Å²) in [4.78, 5) is 8.44. The molecule has 0 bridgehead atoms. The molecule has 0 amide bonds. The van der Waals surface area contributed by atoms with E-state index in [0.29, 0.717) is 11.7 Å². The summed E-state index contributed by atoms with van der Waals surface area (Å²) in [6, 6.07) is 3.72. The smallest absolute Gasteiger partial charge is 0.263 e. The van der Waals surface area contributed by atoms with Crippen LogP contribution in [0.15, 0.2) is 29.0 Å². The van der Waals surface area contributed by atoms with Crippen LogP contribution in [0.5, 0.6) is 0 Å². The average molecular weight is 273 g/mol. The molecule has 96 valence electrons. The largest absolute Gasteiger partial charge is 0.378 e. The number of nitrogens with one attached hydrogen (secondary N) is 1. The predicted octanol–water partition coefficient (Wildman–Crippen LogP) is 2.61. The Morgan fingerprint density at radius 2 is 2.26 bits per heavy atom. The summed E-state index contributed by atoms with van der Waals surface area (Å²) in [5, 5.41) is 7.98. The summed E-state index contributed by atoms with van der Waals surface area (Å²) in [5.74, 6) is 0.991. The molecular weight excluding hydrogens is 262 g/mol. The maximum Gasteiger partial charge on any atom is 0.263 e. The van der Waals surface area contributed by atoms with Crippen LogP contribution in [0.1, 0.15) is 5.69 Å². The summed E-state index contributed by atoms with van der Waals surface area (Å²) in [7, 11) is 1.84. The maximum absolute atomic E-state index is 5.32. The zero-order valence-corrected chi connectivity index (χ0v) is 11.2. The van der Waals surface area contributed by atoms with E-state index in [1.807, 2.05) is 26.1 Å². The van der Waals surface area contributed by atoms with Gasteiger partial charge in [0.1, 0.15) is 5.00 Å². The van der Waals surface area contributed by atoms with Gasteiger partial charge in [-0.3, -0.25) is 4.98 Å². The molecule has 3 heterocycles. The number of anilines is 1. The minimum absolute atomic E-state index is 0.467. The van der Waals surface area contributed by atoms with Gasteiger partial charge in [-0.2, -0.15) is 9.36 Å². The van der Waals surface area contributed by atoms with Crippen molar-refractivity contribution in [3.63, 3.8) is 0 Å². The van der Waals surface area contributed by atoms with E-state index in [9.17, 15) is 0 Å². The van der Waals surface area contributed by atoms with Crippen LogP contribution < -0.4 is 5.32 Å². The Labute approximate surface area is 113 Å². The Hall–Kier alpha value is -2.28. The summed E-state index contributed by atoms with van der Waals surface area (Å²) in [6.45, 7) is 1.92. The normalized spacial score (nSPS) is 10.6. The van der Waals surface area contributed by atoms with Gasteiger partial charge in [-0.05, 0) is 30.6 Å². The second-order valence-electron chi connectivity index (χ2n) is 3.89. The minimum Gasteiger partial charge on any atom is -0.378 e. The van der Waals surface area contributed by atoms with Crippen molar-refractivity contribution >= 4 is 16.5 Å². The molecule has 0 saturated heterocycles. The van der Waals surface area contributed by atoms with Gasteiger partial charge in [-0.15, -0.1) is 0 Å². The van der Waals surface area contributed by atoms with E-state index in [2.05, 4.69) is 24.8 Å². The Bertz CT molecular complexity index is 691. The third kappa shape index (κ3) is 2.08. The molecule has 0 atom stereocenters. The molecule has 0 saturated carbocycles. The zero-order valence-electron chi connectivity index (χ0n) is 10.4. The van der Waals surface area contributed by atoms with E-state index in [1.165, 1.54) is 11.5 Å². The molecule has 6 nitrogen and oxygen atoms in total. The second kappa shape index (κ2) is 4.77. The van der Waals surface area contributed by atoms with Crippen LogP contribution in [-0.4, -0.2) is 26.5 Å². The van der Waals surface area contributed by atoms with Gasteiger partial charge < -0.3 is 9.84 Å². The van der Waals surface area contributed by atoms with Crippen LogP contribution in [0.4, 0.5) is 5.00 Å². The van der Waals surface area contributed by atoms with E-state index in [0.717, 1.165) is 21.8 Å². The van der Waals surface area contributed by atoms with Crippen molar-refractivity contribution in [2.75, 3.05) is 12.4 Å². The van der Waals surface area contributed by atoms with Crippen molar-refractivity contribution in [2.45, 2.75) is 6.92 Å². The van der Waals surface area contributed by atoms with Crippen LogP contribution in [-0.2, 0) is 0 Å². The zero-order chi connectivity index (χ0) is 13.2. The lowest BCUT2D eigenvalue weighted by atomic mass is 10.2. The number of hydrogen-bond acceptors (Lipinski definition) is 7. The maximum atomic E-state index is 5.32. The van der Waals surface area contributed by atoms with Gasteiger partial charge in [0.05, 0.1) is 11.3 Å². The van der Waals surface area contributed by atoms with Crippen LogP contribution in [0.2, 0.25) is 0 Å². The van der Waals surface area contributed by atoms with E-state index in [4.69, 9.17) is 4.52 Å². The Balaban J connectivity index is 2.04. The quantitative estimate of drug-likeness (QED) is 0.790. The molecule has 3 aromatic rings. The molecule has 3 aromatic heterocycles. The van der Waals surface area contributed by atoms with Crippen LogP contribution in [0.25, 0.3) is 22.8 Å². The van der Waals surface area contributed by atoms with Crippen molar-refractivity contribution in [1.82, 2.24) is 19.5 Å². The fourth-order valence-electron chi connectivity index (χ4n) is 1.73. The van der Waals surface area contributed by atoms with Gasteiger partial charge in [0, 0.05) is 25.0 Å². The van der Waals surface area contributed by atoms with E-state index in [-0.39, 0.29) is 0 Å². The van der Waals surface area contributed by atoms with E-state index < -0.39 is 0 Å². The fourth-order valence-corrected chi connectivity index (χ4v) is 2.47. The number of hydrogen-bond donors (Lipinski definition) is 1. The summed E-state index contributed by atoms with van der Waals surface area (Å²) in [5.41, 5.74) is 2.55. The number of rotatable bonds is 3. The van der Waals surface area contributed by atoms with Crippen LogP contribution in [0.3, 0.4) is 0 Å². The Kier molecular flexibility index (Phi) is 2.96. The van der Waals surface area contributed by atoms with Gasteiger partial charge in [0.25, 0.3) is 5.89 Å². The van der Waals surface area contributed by atoms with Gasteiger partial charge >= 0.3 is 0 Å².